The highest BCUT2D eigenvalue weighted by atomic mass is 35.5. The molecule has 0 radical (unpaired) electrons. The molecule has 0 spiro atoms. The molecule has 3 heterocycles. The van der Waals surface area contributed by atoms with Crippen molar-refractivity contribution in [2.45, 2.75) is 25.9 Å². The van der Waals surface area contributed by atoms with Gasteiger partial charge in [0.2, 0.25) is 0 Å². The predicted octanol–water partition coefficient (Wildman–Crippen LogP) is 6.03. The maximum Gasteiger partial charge on any atom is 0.174 e. The lowest BCUT2D eigenvalue weighted by Gasteiger charge is -2.28. The molecule has 2 N–H and O–H groups in total. The van der Waals surface area contributed by atoms with Gasteiger partial charge in [0.05, 0.1) is 29.9 Å². The van der Waals surface area contributed by atoms with Gasteiger partial charge in [0.25, 0.3) is 0 Å². The summed E-state index contributed by atoms with van der Waals surface area (Å²) < 4.78 is 7.54. The molecule has 0 amide bonds. The second-order valence-corrected chi connectivity index (χ2v) is 9.29. The molecule has 35 heavy (non-hydrogen) atoms. The zero-order valence-electron chi connectivity index (χ0n) is 19.6. The molecule has 5 rings (SSSR count). The van der Waals surface area contributed by atoms with Crippen LogP contribution < -0.4 is 15.0 Å². The zero-order chi connectivity index (χ0) is 24.7. The number of phenolic OH excluding ortho intramolecular Hbond substituents is 1. The number of phenols is 1. The maximum absolute atomic E-state index is 9.77. The Balaban J connectivity index is 1.67. The SMILES string of the molecule is COc1ccc(N2C(=S)N[C@@H](c3ccccn3)[C@H]2c2cc(C)n(-c3ccc(O)cc3)c2C)cc1Cl. The molecule has 178 valence electrons. The molecule has 1 aliphatic heterocycles. The quantitative estimate of drug-likeness (QED) is 0.323. The molecule has 1 aliphatic rings. The molecule has 0 saturated carbocycles. The van der Waals surface area contributed by atoms with Gasteiger partial charge in [-0.15, -0.1) is 0 Å². The number of methoxy groups -OCH3 is 1. The molecule has 0 bridgehead atoms. The lowest BCUT2D eigenvalue weighted by molar-refractivity contribution is 0.415. The minimum atomic E-state index is -0.168. The Bertz CT molecular complexity index is 1390. The average Bonchev–Trinajstić information content (AvgIpc) is 3.35. The minimum absolute atomic E-state index is 0.168. The normalized spacial score (nSPS) is 17.5. The van der Waals surface area contributed by atoms with Crippen molar-refractivity contribution in [2.24, 2.45) is 0 Å². The van der Waals surface area contributed by atoms with E-state index in [0.717, 1.165) is 34.0 Å². The molecule has 6 nitrogen and oxygen atoms in total. The fourth-order valence-electron chi connectivity index (χ4n) is 4.84. The van der Waals surface area contributed by atoms with Crippen LogP contribution in [-0.4, -0.2) is 26.9 Å². The van der Waals surface area contributed by atoms with Crippen molar-refractivity contribution in [3.63, 3.8) is 0 Å². The number of aryl methyl sites for hydroxylation is 1. The van der Waals surface area contributed by atoms with Gasteiger partial charge in [0, 0.05) is 29.0 Å². The number of hydrogen-bond donors (Lipinski definition) is 2. The largest absolute Gasteiger partial charge is 0.508 e. The van der Waals surface area contributed by atoms with E-state index >= 15 is 0 Å². The van der Waals surface area contributed by atoms with Gasteiger partial charge in [-0.3, -0.25) is 4.98 Å². The molecule has 4 aromatic rings. The van der Waals surface area contributed by atoms with Crippen molar-refractivity contribution in [3.05, 3.63) is 101 Å². The third kappa shape index (κ3) is 4.11. The zero-order valence-corrected chi connectivity index (χ0v) is 21.1. The first-order valence-electron chi connectivity index (χ1n) is 11.2. The van der Waals surface area contributed by atoms with E-state index in [0.29, 0.717) is 15.9 Å². The van der Waals surface area contributed by atoms with Crippen LogP contribution in [0.25, 0.3) is 5.69 Å². The summed E-state index contributed by atoms with van der Waals surface area (Å²) in [4.78, 5) is 6.74. The monoisotopic (exact) mass is 504 g/mol. The molecule has 2 aromatic heterocycles. The number of ether oxygens (including phenoxy) is 1. The number of pyridine rings is 1. The van der Waals surface area contributed by atoms with Gasteiger partial charge >= 0.3 is 0 Å². The third-order valence-electron chi connectivity index (χ3n) is 6.41. The summed E-state index contributed by atoms with van der Waals surface area (Å²) in [5, 5.41) is 14.4. The molecule has 0 aliphatic carbocycles. The Morgan fingerprint density at radius 3 is 2.43 bits per heavy atom. The standard InChI is InChI=1S/C27H25ClN4O2S/c1-16-14-21(17(2)31(16)18-7-10-20(33)11-8-18)26-25(23-6-4-5-13-29-23)30-27(35)32(26)19-9-12-24(34-3)22(28)15-19/h4-15,25-26,33H,1-3H3,(H,30,35)/t25-,26+/m0/s1. The lowest BCUT2D eigenvalue weighted by Crippen LogP contribution is -2.29. The molecule has 2 atom stereocenters. The predicted molar refractivity (Wildman–Crippen MR) is 143 cm³/mol. The number of hydrogen-bond acceptors (Lipinski definition) is 4. The van der Waals surface area contributed by atoms with E-state index in [4.69, 9.17) is 28.6 Å². The molecule has 1 fully saturated rings. The summed E-state index contributed by atoms with van der Waals surface area (Å²) >= 11 is 12.4. The summed E-state index contributed by atoms with van der Waals surface area (Å²) in [7, 11) is 1.60. The third-order valence-corrected chi connectivity index (χ3v) is 7.02. The van der Waals surface area contributed by atoms with Gasteiger partial charge in [-0.1, -0.05) is 17.7 Å². The van der Waals surface area contributed by atoms with Crippen molar-refractivity contribution in [1.82, 2.24) is 14.9 Å². The van der Waals surface area contributed by atoms with E-state index in [1.54, 1.807) is 25.4 Å². The molecular weight excluding hydrogens is 480 g/mol. The van der Waals surface area contributed by atoms with Crippen LogP contribution in [0.1, 0.15) is 34.7 Å². The van der Waals surface area contributed by atoms with Gasteiger partial charge in [-0.25, -0.2) is 0 Å². The first kappa shape index (κ1) is 23.2. The van der Waals surface area contributed by atoms with Crippen molar-refractivity contribution < 1.29 is 9.84 Å². The number of rotatable bonds is 5. The molecule has 8 heteroatoms. The second kappa shape index (κ2) is 9.24. The topological polar surface area (TPSA) is 62.5 Å². The Morgan fingerprint density at radius 2 is 1.77 bits per heavy atom. The Kier molecular flexibility index (Phi) is 6.13. The van der Waals surface area contributed by atoms with Crippen LogP contribution in [0.3, 0.4) is 0 Å². The van der Waals surface area contributed by atoms with Crippen LogP contribution in [0.15, 0.2) is 72.9 Å². The number of aromatic nitrogens is 2. The smallest absolute Gasteiger partial charge is 0.174 e. The van der Waals surface area contributed by atoms with E-state index in [1.165, 1.54) is 0 Å². The van der Waals surface area contributed by atoms with Gasteiger partial charge in [0.15, 0.2) is 5.11 Å². The van der Waals surface area contributed by atoms with Gasteiger partial charge in [-0.2, -0.15) is 0 Å². The van der Waals surface area contributed by atoms with Crippen LogP contribution in [0, 0.1) is 13.8 Å². The number of nitrogens with zero attached hydrogens (tertiary/aromatic N) is 3. The van der Waals surface area contributed by atoms with E-state index in [2.05, 4.69) is 39.7 Å². The van der Waals surface area contributed by atoms with E-state index in [-0.39, 0.29) is 17.8 Å². The number of thiocarbonyl (C=S) groups is 1. The van der Waals surface area contributed by atoms with E-state index in [1.807, 2.05) is 48.5 Å². The highest BCUT2D eigenvalue weighted by Gasteiger charge is 2.42. The molecule has 2 aromatic carbocycles. The Hall–Kier alpha value is -3.55. The number of benzene rings is 2. The summed E-state index contributed by atoms with van der Waals surface area (Å²) in [6.45, 7) is 4.18. The van der Waals surface area contributed by atoms with Crippen LogP contribution in [0.2, 0.25) is 5.02 Å². The van der Waals surface area contributed by atoms with Crippen LogP contribution >= 0.6 is 23.8 Å². The number of aromatic hydroxyl groups is 1. The van der Waals surface area contributed by atoms with Crippen molar-refractivity contribution in [2.75, 3.05) is 12.0 Å². The second-order valence-electron chi connectivity index (χ2n) is 8.49. The minimum Gasteiger partial charge on any atom is -0.508 e. The number of halogens is 1. The summed E-state index contributed by atoms with van der Waals surface area (Å²) in [5.41, 5.74) is 6.02. The highest BCUT2D eigenvalue weighted by molar-refractivity contribution is 7.80. The van der Waals surface area contributed by atoms with E-state index in [9.17, 15) is 5.11 Å². The highest BCUT2D eigenvalue weighted by Crippen LogP contribution is 2.45. The molecule has 1 saturated heterocycles. The Labute approximate surface area is 214 Å². The number of anilines is 1. The van der Waals surface area contributed by atoms with Crippen LogP contribution in [0.4, 0.5) is 5.69 Å². The maximum atomic E-state index is 9.77. The van der Waals surface area contributed by atoms with Gasteiger partial charge < -0.3 is 24.6 Å². The summed E-state index contributed by atoms with van der Waals surface area (Å²) in [6.07, 6.45) is 1.80. The first-order chi connectivity index (χ1) is 16.9. The van der Waals surface area contributed by atoms with Crippen molar-refractivity contribution >= 4 is 34.6 Å². The number of nitrogens with one attached hydrogen (secondary N) is 1. The van der Waals surface area contributed by atoms with Crippen molar-refractivity contribution in [1.29, 1.82) is 0 Å². The lowest BCUT2D eigenvalue weighted by atomic mass is 9.96. The van der Waals surface area contributed by atoms with Crippen LogP contribution in [-0.2, 0) is 0 Å². The summed E-state index contributed by atoms with van der Waals surface area (Å²) in [5.74, 6) is 0.844. The van der Waals surface area contributed by atoms with Gasteiger partial charge in [-0.05, 0) is 92.3 Å². The summed E-state index contributed by atoms with van der Waals surface area (Å²) in [6, 6.07) is 20.7. The fraction of sp³-hybridized carbons (Fsp3) is 0.185. The first-order valence-corrected chi connectivity index (χ1v) is 12.0. The van der Waals surface area contributed by atoms with Crippen LogP contribution in [0.5, 0.6) is 11.5 Å². The fourth-order valence-corrected chi connectivity index (χ4v) is 5.44. The Morgan fingerprint density at radius 1 is 1.03 bits per heavy atom. The van der Waals surface area contributed by atoms with E-state index < -0.39 is 0 Å². The van der Waals surface area contributed by atoms with Crippen molar-refractivity contribution in [3.8, 4) is 17.2 Å². The molecular formula is C27H25ClN4O2S. The average molecular weight is 505 g/mol. The molecule has 0 unspecified atom stereocenters. The van der Waals surface area contributed by atoms with Gasteiger partial charge in [0.1, 0.15) is 11.5 Å².